The van der Waals surface area contributed by atoms with Crippen LogP contribution in [-0.4, -0.2) is 45.7 Å². The molecule has 1 aromatic carbocycles. The van der Waals surface area contributed by atoms with Crippen LogP contribution in [0.5, 0.6) is 0 Å². The number of alkyl halides is 2. The minimum absolute atomic E-state index is 0.0236. The Labute approximate surface area is 182 Å². The minimum atomic E-state index is -3.41. The van der Waals surface area contributed by atoms with Gasteiger partial charge in [0.05, 0.1) is 12.0 Å². The predicted octanol–water partition coefficient (Wildman–Crippen LogP) is 4.60. The van der Waals surface area contributed by atoms with Crippen molar-refractivity contribution in [2.24, 2.45) is 11.8 Å². The van der Waals surface area contributed by atoms with Gasteiger partial charge in [-0.05, 0) is 25.2 Å². The van der Waals surface area contributed by atoms with E-state index in [0.29, 0.717) is 25.8 Å². The van der Waals surface area contributed by atoms with Crippen molar-refractivity contribution in [3.8, 4) is 0 Å². The lowest BCUT2D eigenvalue weighted by atomic mass is 9.90. The zero-order chi connectivity index (χ0) is 23.0. The number of halogens is 2. The van der Waals surface area contributed by atoms with Crippen LogP contribution in [0.15, 0.2) is 42.5 Å². The normalized spacial score (nSPS) is 19.4. The number of nitrogens with zero attached hydrogens (tertiary/aromatic N) is 1. The Morgan fingerprint density at radius 2 is 1.90 bits per heavy atom. The molecule has 1 saturated heterocycles. The summed E-state index contributed by atoms with van der Waals surface area (Å²) in [6, 6.07) is 6.87. The zero-order valence-corrected chi connectivity index (χ0v) is 18.2. The van der Waals surface area contributed by atoms with Crippen LogP contribution in [0.4, 0.5) is 8.78 Å². The Morgan fingerprint density at radius 1 is 1.23 bits per heavy atom. The monoisotopic (exact) mass is 437 g/mol. The van der Waals surface area contributed by atoms with Crippen LogP contribution in [0, 0.1) is 11.8 Å². The average molecular weight is 438 g/mol. The van der Waals surface area contributed by atoms with Crippen LogP contribution in [0.1, 0.15) is 57.9 Å². The molecule has 7 heteroatoms. The number of hydrogen-bond acceptors (Lipinski definition) is 3. The van der Waals surface area contributed by atoms with Crippen molar-refractivity contribution in [2.75, 3.05) is 6.54 Å². The number of hydrogen-bond donors (Lipinski definition) is 2. The highest BCUT2D eigenvalue weighted by atomic mass is 19.3. The largest absolute Gasteiger partial charge is 0.481 e. The van der Waals surface area contributed by atoms with E-state index in [1.807, 2.05) is 13.8 Å². The van der Waals surface area contributed by atoms with Crippen molar-refractivity contribution >= 4 is 11.9 Å². The SMILES string of the molecule is CC(C)C(CCCCCN1C(=O)CC[C@@H]1/C=C/[C@@H](O)C(F)(F)c1ccccc1)C(=O)O. The van der Waals surface area contributed by atoms with Crippen LogP contribution >= 0.6 is 0 Å². The fourth-order valence-corrected chi connectivity index (χ4v) is 4.00. The smallest absolute Gasteiger partial charge is 0.306 e. The van der Waals surface area contributed by atoms with Crippen molar-refractivity contribution in [1.82, 2.24) is 4.90 Å². The summed E-state index contributed by atoms with van der Waals surface area (Å²) in [5.74, 6) is -4.50. The fraction of sp³-hybridized carbons (Fsp3) is 0.583. The summed E-state index contributed by atoms with van der Waals surface area (Å²) in [5.41, 5.74) is -0.257. The lowest BCUT2D eigenvalue weighted by Crippen LogP contribution is -2.34. The molecule has 0 aromatic heterocycles. The molecule has 0 radical (unpaired) electrons. The molecule has 0 bridgehead atoms. The van der Waals surface area contributed by atoms with Gasteiger partial charge in [-0.15, -0.1) is 0 Å². The third-order valence-corrected chi connectivity index (χ3v) is 5.96. The van der Waals surface area contributed by atoms with Crippen molar-refractivity contribution in [1.29, 1.82) is 0 Å². The van der Waals surface area contributed by atoms with E-state index in [4.69, 9.17) is 0 Å². The van der Waals surface area contributed by atoms with E-state index in [-0.39, 0.29) is 29.3 Å². The number of carbonyl (C=O) groups is 2. The number of carboxylic acids is 1. The lowest BCUT2D eigenvalue weighted by molar-refractivity contribution is -0.143. The summed E-state index contributed by atoms with van der Waals surface area (Å²) in [4.78, 5) is 25.1. The highest BCUT2D eigenvalue weighted by Gasteiger charge is 2.39. The number of amides is 1. The number of carboxylic acid groups (broad SMARTS) is 1. The molecule has 0 spiro atoms. The first kappa shape index (κ1) is 25.0. The molecule has 1 unspecified atom stereocenters. The van der Waals surface area contributed by atoms with Gasteiger partial charge in [-0.2, -0.15) is 8.78 Å². The fourth-order valence-electron chi connectivity index (χ4n) is 4.00. The summed E-state index contributed by atoms with van der Waals surface area (Å²) in [5, 5.41) is 19.3. The zero-order valence-electron chi connectivity index (χ0n) is 18.2. The van der Waals surface area contributed by atoms with Crippen LogP contribution < -0.4 is 0 Å². The Balaban J connectivity index is 1.86. The van der Waals surface area contributed by atoms with E-state index in [0.717, 1.165) is 25.3 Å². The number of benzene rings is 1. The third-order valence-electron chi connectivity index (χ3n) is 5.96. The van der Waals surface area contributed by atoms with Crippen LogP contribution in [-0.2, 0) is 15.5 Å². The Bertz CT molecular complexity index is 751. The Kier molecular flexibility index (Phi) is 9.16. The number of aliphatic carboxylic acids is 1. The van der Waals surface area contributed by atoms with Crippen LogP contribution in [0.25, 0.3) is 0 Å². The summed E-state index contributed by atoms with van der Waals surface area (Å²) in [6.07, 6.45) is 4.40. The molecule has 1 heterocycles. The summed E-state index contributed by atoms with van der Waals surface area (Å²) in [6.45, 7) is 4.29. The predicted molar refractivity (Wildman–Crippen MR) is 115 cm³/mol. The second-order valence-electron chi connectivity index (χ2n) is 8.55. The Hall–Kier alpha value is -2.28. The van der Waals surface area contributed by atoms with Gasteiger partial charge in [-0.25, -0.2) is 0 Å². The molecule has 1 fully saturated rings. The molecule has 1 aromatic rings. The standard InChI is InChI=1S/C24H33F2NO4/c1-17(2)20(23(30)31)11-7-4-8-16-27-19(13-15-22(27)29)12-14-21(28)24(25,26)18-9-5-3-6-10-18/h3,5-6,9-10,12,14,17,19-21,28H,4,7-8,11,13,15-16H2,1-2H3,(H,30,31)/b14-12+/t19-,20?,21+/m0/s1. The van der Waals surface area contributed by atoms with Crippen LogP contribution in [0.2, 0.25) is 0 Å². The number of carbonyl (C=O) groups excluding carboxylic acids is 1. The molecule has 0 saturated carbocycles. The first-order valence-electron chi connectivity index (χ1n) is 11.0. The number of aliphatic hydroxyl groups is 1. The van der Waals surface area contributed by atoms with Crippen molar-refractivity contribution in [3.63, 3.8) is 0 Å². The van der Waals surface area contributed by atoms with Gasteiger partial charge in [0.2, 0.25) is 5.91 Å². The minimum Gasteiger partial charge on any atom is -0.481 e. The second kappa shape index (κ2) is 11.4. The molecule has 2 N–H and O–H groups in total. The number of aliphatic hydroxyl groups excluding tert-OH is 1. The highest BCUT2D eigenvalue weighted by molar-refractivity contribution is 5.79. The second-order valence-corrected chi connectivity index (χ2v) is 8.55. The molecule has 31 heavy (non-hydrogen) atoms. The molecule has 0 aliphatic carbocycles. The molecule has 1 aliphatic rings. The number of likely N-dealkylation sites (tertiary alicyclic amines) is 1. The molecule has 5 nitrogen and oxygen atoms in total. The van der Waals surface area contributed by atoms with Gasteiger partial charge in [0.15, 0.2) is 0 Å². The summed E-state index contributed by atoms with van der Waals surface area (Å²) >= 11 is 0. The van der Waals surface area contributed by atoms with E-state index in [9.17, 15) is 28.6 Å². The van der Waals surface area contributed by atoms with E-state index < -0.39 is 18.0 Å². The molecule has 172 valence electrons. The van der Waals surface area contributed by atoms with E-state index in [1.54, 1.807) is 11.0 Å². The summed E-state index contributed by atoms with van der Waals surface area (Å²) < 4.78 is 28.9. The van der Waals surface area contributed by atoms with Crippen molar-refractivity contribution in [3.05, 3.63) is 48.0 Å². The first-order chi connectivity index (χ1) is 14.6. The van der Waals surface area contributed by atoms with E-state index in [2.05, 4.69) is 0 Å². The first-order valence-corrected chi connectivity index (χ1v) is 11.0. The topological polar surface area (TPSA) is 77.8 Å². The average Bonchev–Trinajstić information content (AvgIpc) is 3.08. The Morgan fingerprint density at radius 3 is 2.52 bits per heavy atom. The molecule has 1 aliphatic heterocycles. The maximum absolute atomic E-state index is 14.4. The van der Waals surface area contributed by atoms with Gasteiger partial charge < -0.3 is 15.1 Å². The highest BCUT2D eigenvalue weighted by Crippen LogP contribution is 2.33. The van der Waals surface area contributed by atoms with E-state index in [1.165, 1.54) is 30.3 Å². The molecule has 1 amide bonds. The quantitative estimate of drug-likeness (QED) is 0.370. The third kappa shape index (κ3) is 6.86. The lowest BCUT2D eigenvalue weighted by Gasteiger charge is -2.24. The van der Waals surface area contributed by atoms with Crippen molar-refractivity contribution < 1.29 is 28.6 Å². The van der Waals surface area contributed by atoms with Crippen LogP contribution in [0.3, 0.4) is 0 Å². The molecular formula is C24H33F2NO4. The van der Waals surface area contributed by atoms with E-state index >= 15 is 0 Å². The molecule has 3 atom stereocenters. The maximum atomic E-state index is 14.4. The van der Waals surface area contributed by atoms with Gasteiger partial charge in [-0.3, -0.25) is 9.59 Å². The van der Waals surface area contributed by atoms with Gasteiger partial charge in [-0.1, -0.05) is 69.2 Å². The maximum Gasteiger partial charge on any atom is 0.306 e. The van der Waals surface area contributed by atoms with Gasteiger partial charge in [0.25, 0.3) is 0 Å². The van der Waals surface area contributed by atoms with Gasteiger partial charge in [0, 0.05) is 18.5 Å². The van der Waals surface area contributed by atoms with Gasteiger partial charge >= 0.3 is 11.9 Å². The van der Waals surface area contributed by atoms with Crippen molar-refractivity contribution in [2.45, 2.75) is 70.4 Å². The molecule has 2 rings (SSSR count). The molecular weight excluding hydrogens is 404 g/mol. The van der Waals surface area contributed by atoms with Gasteiger partial charge in [0.1, 0.15) is 6.10 Å². The number of rotatable bonds is 12. The number of unbranched alkanes of at least 4 members (excludes halogenated alkanes) is 2. The summed E-state index contributed by atoms with van der Waals surface area (Å²) in [7, 11) is 0.